The first-order valence-corrected chi connectivity index (χ1v) is 8.99. The van der Waals surface area contributed by atoms with Gasteiger partial charge < -0.3 is 10.2 Å². The second kappa shape index (κ2) is 8.14. The first-order chi connectivity index (χ1) is 10.1. The van der Waals surface area contributed by atoms with Crippen molar-refractivity contribution in [1.29, 1.82) is 0 Å². The second-order valence-electron chi connectivity index (χ2n) is 5.03. The Bertz CT molecular complexity index is 567. The number of nitrogens with zero attached hydrogens (tertiary/aromatic N) is 1. The van der Waals surface area contributed by atoms with Gasteiger partial charge in [-0.2, -0.15) is 0 Å². The number of carbonyl (C=O) groups is 1. The standard InChI is InChI=1S/C17H19IN2O/c1-20(2)13-17(21)19-12-14-8-10-16(11-9-14)18-15-6-4-3-5-7-15/h3-11H,12-13H2,1-2H3/p+1. The van der Waals surface area contributed by atoms with Gasteiger partial charge in [-0.05, 0) is 43.9 Å². The summed E-state index contributed by atoms with van der Waals surface area (Å²) in [6.45, 7) is 1.02. The molecule has 2 aromatic rings. The van der Waals surface area contributed by atoms with Crippen molar-refractivity contribution in [2.24, 2.45) is 0 Å². The fourth-order valence-electron chi connectivity index (χ4n) is 1.81. The van der Waals surface area contributed by atoms with Crippen molar-refractivity contribution in [1.82, 2.24) is 10.2 Å². The van der Waals surface area contributed by atoms with Gasteiger partial charge in [0.25, 0.3) is 0 Å². The van der Waals surface area contributed by atoms with Crippen LogP contribution in [0.15, 0.2) is 54.6 Å². The van der Waals surface area contributed by atoms with Gasteiger partial charge in [0.1, 0.15) is 0 Å². The minimum Gasteiger partial charge on any atom is -0.351 e. The van der Waals surface area contributed by atoms with Gasteiger partial charge in [0, 0.05) is 6.54 Å². The third kappa shape index (κ3) is 5.85. The summed E-state index contributed by atoms with van der Waals surface area (Å²) in [4.78, 5) is 13.5. The number of nitrogens with one attached hydrogen (secondary N) is 1. The summed E-state index contributed by atoms with van der Waals surface area (Å²) in [7, 11) is 3.78. The molecule has 0 aromatic heterocycles. The van der Waals surface area contributed by atoms with Crippen molar-refractivity contribution in [2.75, 3.05) is 20.6 Å². The molecule has 0 saturated carbocycles. The van der Waals surface area contributed by atoms with Gasteiger partial charge in [-0.15, -0.1) is 0 Å². The average Bonchev–Trinajstić information content (AvgIpc) is 2.47. The molecule has 110 valence electrons. The lowest BCUT2D eigenvalue weighted by Crippen LogP contribution is -3.61. The highest BCUT2D eigenvalue weighted by molar-refractivity contribution is 5.77. The molecule has 0 saturated heterocycles. The Morgan fingerprint density at radius 1 is 1.00 bits per heavy atom. The molecule has 0 bridgehead atoms. The van der Waals surface area contributed by atoms with Crippen molar-refractivity contribution in [3.05, 3.63) is 67.3 Å². The van der Waals surface area contributed by atoms with E-state index in [1.807, 2.05) is 25.1 Å². The van der Waals surface area contributed by atoms with Gasteiger partial charge in [0.05, 0.1) is 6.54 Å². The fraction of sp³-hybridized carbons (Fsp3) is 0.235. The molecule has 2 rings (SSSR count). The number of likely N-dealkylation sites (N-methyl/N-ethyl adjacent to an activating group) is 1. The smallest absolute Gasteiger partial charge is 0.351 e. The molecule has 0 aliphatic rings. The number of hydrogen-bond acceptors (Lipinski definition) is 2. The van der Waals surface area contributed by atoms with Crippen LogP contribution in [0, 0.1) is 7.14 Å². The molecular weight excluding hydrogens is 375 g/mol. The van der Waals surface area contributed by atoms with Crippen LogP contribution in [0.25, 0.3) is 0 Å². The lowest BCUT2D eigenvalue weighted by molar-refractivity contribution is -0.597. The Morgan fingerprint density at radius 3 is 2.24 bits per heavy atom. The summed E-state index contributed by atoms with van der Waals surface area (Å²) >= 11 is -0.113. The van der Waals surface area contributed by atoms with Crippen LogP contribution in [0.5, 0.6) is 0 Å². The Morgan fingerprint density at radius 2 is 1.62 bits per heavy atom. The van der Waals surface area contributed by atoms with Crippen LogP contribution in [0.3, 0.4) is 0 Å². The minimum atomic E-state index is -0.113. The maximum Gasteiger partial charge on any atom is 0.357 e. The van der Waals surface area contributed by atoms with Crippen molar-refractivity contribution in [3.63, 3.8) is 0 Å². The SMILES string of the molecule is CN(C)CC(=O)NCc1ccc([I+]c2ccccc2)cc1. The molecule has 3 nitrogen and oxygen atoms in total. The van der Waals surface area contributed by atoms with Crippen LogP contribution in [-0.4, -0.2) is 31.4 Å². The third-order valence-corrected chi connectivity index (χ3v) is 5.50. The lowest BCUT2D eigenvalue weighted by atomic mass is 10.2. The van der Waals surface area contributed by atoms with E-state index in [-0.39, 0.29) is 27.1 Å². The number of halogens is 1. The van der Waals surface area contributed by atoms with E-state index in [1.54, 1.807) is 0 Å². The Kier molecular flexibility index (Phi) is 6.20. The molecule has 0 unspecified atom stereocenters. The van der Waals surface area contributed by atoms with Crippen LogP contribution in [-0.2, 0) is 11.3 Å². The van der Waals surface area contributed by atoms with E-state index in [2.05, 4.69) is 53.8 Å². The molecule has 4 heteroatoms. The number of carbonyl (C=O) groups excluding carboxylic acids is 1. The van der Waals surface area contributed by atoms with Crippen LogP contribution < -0.4 is 26.5 Å². The second-order valence-corrected chi connectivity index (χ2v) is 8.06. The average molecular weight is 395 g/mol. The Hall–Kier alpha value is -1.40. The monoisotopic (exact) mass is 395 g/mol. The highest BCUT2D eigenvalue weighted by Gasteiger charge is 2.14. The lowest BCUT2D eigenvalue weighted by Gasteiger charge is -2.09. The summed E-state index contributed by atoms with van der Waals surface area (Å²) < 4.78 is 2.81. The molecule has 1 N–H and O–H groups in total. The van der Waals surface area contributed by atoms with E-state index >= 15 is 0 Å². The molecule has 21 heavy (non-hydrogen) atoms. The van der Waals surface area contributed by atoms with Gasteiger partial charge >= 0.3 is 21.2 Å². The summed E-state index contributed by atoms with van der Waals surface area (Å²) in [5.41, 5.74) is 1.14. The highest BCUT2D eigenvalue weighted by Crippen LogP contribution is 1.97. The van der Waals surface area contributed by atoms with Crippen molar-refractivity contribution >= 4 is 5.91 Å². The van der Waals surface area contributed by atoms with Crippen LogP contribution in [0.1, 0.15) is 5.56 Å². The van der Waals surface area contributed by atoms with Crippen molar-refractivity contribution in [3.8, 4) is 0 Å². The maximum atomic E-state index is 11.6. The predicted octanol–water partition coefficient (Wildman–Crippen LogP) is -1.01. The summed E-state index contributed by atoms with van der Waals surface area (Å²) in [6.07, 6.45) is 0. The quantitative estimate of drug-likeness (QED) is 0.637. The number of rotatable bonds is 6. The molecule has 0 heterocycles. The van der Waals surface area contributed by atoms with E-state index in [0.29, 0.717) is 13.1 Å². The van der Waals surface area contributed by atoms with E-state index in [1.165, 1.54) is 7.14 Å². The number of amides is 1. The van der Waals surface area contributed by atoms with Gasteiger partial charge in [0.15, 0.2) is 7.14 Å². The van der Waals surface area contributed by atoms with Gasteiger partial charge in [0.2, 0.25) is 5.91 Å². The summed E-state index contributed by atoms with van der Waals surface area (Å²) in [6, 6.07) is 19.1. The van der Waals surface area contributed by atoms with Crippen molar-refractivity contribution in [2.45, 2.75) is 6.54 Å². The van der Waals surface area contributed by atoms with E-state index < -0.39 is 0 Å². The van der Waals surface area contributed by atoms with Crippen molar-refractivity contribution < 1.29 is 26.0 Å². The molecule has 0 aliphatic heterocycles. The zero-order valence-corrected chi connectivity index (χ0v) is 14.5. The highest BCUT2D eigenvalue weighted by atomic mass is 127. The Balaban J connectivity index is 1.86. The van der Waals surface area contributed by atoms with Gasteiger partial charge in [-0.25, -0.2) is 0 Å². The zero-order valence-electron chi connectivity index (χ0n) is 12.3. The predicted molar refractivity (Wildman–Crippen MR) is 80.7 cm³/mol. The third-order valence-electron chi connectivity index (χ3n) is 2.81. The largest absolute Gasteiger partial charge is 0.357 e. The van der Waals surface area contributed by atoms with E-state index in [4.69, 9.17) is 0 Å². The molecular formula is C17H20IN2O+. The van der Waals surface area contributed by atoms with Gasteiger partial charge in [-0.3, -0.25) is 4.79 Å². The molecule has 0 spiro atoms. The van der Waals surface area contributed by atoms with E-state index in [0.717, 1.165) is 5.56 Å². The molecule has 2 aromatic carbocycles. The molecule has 0 atom stereocenters. The van der Waals surface area contributed by atoms with Crippen LogP contribution in [0.4, 0.5) is 0 Å². The van der Waals surface area contributed by atoms with E-state index in [9.17, 15) is 4.79 Å². The summed E-state index contributed by atoms with van der Waals surface area (Å²) in [5, 5.41) is 2.93. The number of benzene rings is 2. The van der Waals surface area contributed by atoms with Crippen LogP contribution >= 0.6 is 0 Å². The van der Waals surface area contributed by atoms with Crippen LogP contribution in [0.2, 0.25) is 0 Å². The molecule has 0 radical (unpaired) electrons. The van der Waals surface area contributed by atoms with Gasteiger partial charge in [-0.1, -0.05) is 30.3 Å². The maximum absolute atomic E-state index is 11.6. The zero-order chi connectivity index (χ0) is 15.1. The normalized spacial score (nSPS) is 10.6. The fourth-order valence-corrected chi connectivity index (χ4v) is 4.03. The summed E-state index contributed by atoms with van der Waals surface area (Å²) in [5.74, 6) is 0.0563. The first-order valence-electron chi connectivity index (χ1n) is 6.84. The molecule has 0 aliphatic carbocycles. The minimum absolute atomic E-state index is 0.0563. The first kappa shape index (κ1) is 16.0. The topological polar surface area (TPSA) is 32.3 Å². The molecule has 1 amide bonds. The Labute approximate surface area is 136 Å². The number of hydrogen-bond donors (Lipinski definition) is 1. The molecule has 0 fully saturated rings.